The van der Waals surface area contributed by atoms with Crippen molar-refractivity contribution in [1.29, 1.82) is 0 Å². The topological polar surface area (TPSA) is 98.7 Å². The fourth-order valence-electron chi connectivity index (χ4n) is 3.17. The number of fused-ring (bicyclic) bond motifs is 1. The van der Waals surface area contributed by atoms with Crippen molar-refractivity contribution in [2.45, 2.75) is 32.1 Å². The van der Waals surface area contributed by atoms with E-state index in [-0.39, 0.29) is 12.6 Å². The molecule has 2 N–H and O–H groups in total. The van der Waals surface area contributed by atoms with Crippen molar-refractivity contribution in [2.24, 2.45) is 11.7 Å². The molecule has 1 fully saturated rings. The first kappa shape index (κ1) is 17.3. The van der Waals surface area contributed by atoms with Crippen LogP contribution in [0, 0.1) is 5.92 Å². The van der Waals surface area contributed by atoms with E-state index in [0.29, 0.717) is 18.4 Å². The van der Waals surface area contributed by atoms with Crippen LogP contribution in [-0.2, 0) is 14.3 Å². The van der Waals surface area contributed by atoms with Crippen LogP contribution in [0.5, 0.6) is 0 Å². The Hall–Kier alpha value is -2.57. The minimum Gasteiger partial charge on any atom is -0.456 e. The molecule has 2 aromatic rings. The van der Waals surface area contributed by atoms with Gasteiger partial charge in [-0.2, -0.15) is 4.98 Å². The van der Waals surface area contributed by atoms with E-state index in [0.717, 1.165) is 49.9 Å². The number of amides is 1. The maximum atomic E-state index is 11.5. The van der Waals surface area contributed by atoms with E-state index in [1.54, 1.807) is 0 Å². The first-order chi connectivity index (χ1) is 12.1. The standard InChI is InChI=1S/C18H23N3O4/c19-16(22)12-24-17(23)7-3-4-13-8-10-21(11-9-13)18-20-14-5-1-2-6-15(14)25-18/h1-2,5-6,13H,3-4,7-12H2,(H2,19,22). The van der Waals surface area contributed by atoms with Gasteiger partial charge < -0.3 is 19.8 Å². The normalized spacial score (nSPS) is 15.4. The average Bonchev–Trinajstić information content (AvgIpc) is 3.04. The molecule has 134 valence electrons. The van der Waals surface area contributed by atoms with Gasteiger partial charge >= 0.3 is 5.97 Å². The Morgan fingerprint density at radius 2 is 2.04 bits per heavy atom. The fourth-order valence-corrected chi connectivity index (χ4v) is 3.17. The van der Waals surface area contributed by atoms with Crippen LogP contribution in [0.1, 0.15) is 32.1 Å². The van der Waals surface area contributed by atoms with Crippen molar-refractivity contribution >= 4 is 29.0 Å². The smallest absolute Gasteiger partial charge is 0.306 e. The van der Waals surface area contributed by atoms with Gasteiger partial charge in [0.05, 0.1) is 0 Å². The lowest BCUT2D eigenvalue weighted by atomic mass is 9.92. The van der Waals surface area contributed by atoms with E-state index in [1.165, 1.54) is 0 Å². The predicted molar refractivity (Wildman–Crippen MR) is 93.0 cm³/mol. The summed E-state index contributed by atoms with van der Waals surface area (Å²) in [5, 5.41) is 0. The van der Waals surface area contributed by atoms with Gasteiger partial charge in [-0.05, 0) is 43.7 Å². The van der Waals surface area contributed by atoms with Crippen LogP contribution < -0.4 is 10.6 Å². The highest BCUT2D eigenvalue weighted by molar-refractivity contribution is 5.79. The van der Waals surface area contributed by atoms with Gasteiger partial charge in [-0.15, -0.1) is 0 Å². The third-order valence-electron chi connectivity index (χ3n) is 4.54. The molecular weight excluding hydrogens is 322 g/mol. The molecule has 1 aromatic heterocycles. The van der Waals surface area contributed by atoms with Gasteiger partial charge in [-0.1, -0.05) is 12.1 Å². The Morgan fingerprint density at radius 1 is 1.28 bits per heavy atom. The lowest BCUT2D eigenvalue weighted by Gasteiger charge is -2.30. The molecule has 3 rings (SSSR count). The number of primary amides is 1. The summed E-state index contributed by atoms with van der Waals surface area (Å²) in [6.45, 7) is 1.48. The van der Waals surface area contributed by atoms with Crippen LogP contribution in [0.2, 0.25) is 0 Å². The maximum Gasteiger partial charge on any atom is 0.306 e. The number of hydrogen-bond donors (Lipinski definition) is 1. The molecule has 2 heterocycles. The number of para-hydroxylation sites is 2. The molecule has 1 aliphatic rings. The summed E-state index contributed by atoms with van der Waals surface area (Å²) in [6.07, 6.45) is 4.18. The third kappa shape index (κ3) is 4.71. The van der Waals surface area contributed by atoms with Crippen molar-refractivity contribution in [3.8, 4) is 0 Å². The quantitative estimate of drug-likeness (QED) is 0.773. The minimum atomic E-state index is -0.625. The number of rotatable bonds is 7. The highest BCUT2D eigenvalue weighted by Crippen LogP contribution is 2.28. The fraction of sp³-hybridized carbons (Fsp3) is 0.500. The summed E-state index contributed by atoms with van der Waals surface area (Å²) in [6, 6.07) is 8.46. The molecule has 1 aromatic carbocycles. The number of ether oxygens (including phenoxy) is 1. The second-order valence-corrected chi connectivity index (χ2v) is 6.41. The van der Waals surface area contributed by atoms with Crippen LogP contribution >= 0.6 is 0 Å². The average molecular weight is 345 g/mol. The van der Waals surface area contributed by atoms with Gasteiger partial charge in [0, 0.05) is 19.5 Å². The summed E-state index contributed by atoms with van der Waals surface area (Å²) in [7, 11) is 0. The summed E-state index contributed by atoms with van der Waals surface area (Å²) in [5.74, 6) is -0.396. The summed E-state index contributed by atoms with van der Waals surface area (Å²) in [5.41, 5.74) is 6.64. The molecule has 0 unspecified atom stereocenters. The first-order valence-corrected chi connectivity index (χ1v) is 8.66. The number of piperidine rings is 1. The van der Waals surface area contributed by atoms with Gasteiger partial charge in [0.15, 0.2) is 12.2 Å². The molecule has 1 aliphatic heterocycles. The van der Waals surface area contributed by atoms with E-state index >= 15 is 0 Å². The molecule has 0 saturated carbocycles. The molecule has 0 aliphatic carbocycles. The van der Waals surface area contributed by atoms with Crippen molar-refractivity contribution in [3.05, 3.63) is 24.3 Å². The zero-order valence-electron chi connectivity index (χ0n) is 14.1. The summed E-state index contributed by atoms with van der Waals surface area (Å²) >= 11 is 0. The molecule has 7 heteroatoms. The zero-order chi connectivity index (χ0) is 17.6. The first-order valence-electron chi connectivity index (χ1n) is 8.66. The van der Waals surface area contributed by atoms with E-state index in [4.69, 9.17) is 14.9 Å². The highest BCUT2D eigenvalue weighted by Gasteiger charge is 2.22. The minimum absolute atomic E-state index is 0.332. The van der Waals surface area contributed by atoms with Crippen LogP contribution in [0.4, 0.5) is 6.01 Å². The number of carbonyl (C=O) groups is 2. The molecule has 1 saturated heterocycles. The van der Waals surface area contributed by atoms with Gasteiger partial charge in [0.2, 0.25) is 0 Å². The second kappa shape index (κ2) is 8.00. The van der Waals surface area contributed by atoms with Crippen molar-refractivity contribution in [2.75, 3.05) is 24.6 Å². The molecule has 7 nitrogen and oxygen atoms in total. The summed E-state index contributed by atoms with van der Waals surface area (Å²) in [4.78, 5) is 28.7. The molecule has 0 radical (unpaired) electrons. The third-order valence-corrected chi connectivity index (χ3v) is 4.54. The van der Waals surface area contributed by atoms with Crippen LogP contribution in [0.25, 0.3) is 11.1 Å². The summed E-state index contributed by atoms with van der Waals surface area (Å²) < 4.78 is 10.6. The largest absolute Gasteiger partial charge is 0.456 e. The molecule has 0 atom stereocenters. The van der Waals surface area contributed by atoms with Crippen molar-refractivity contribution < 1.29 is 18.7 Å². The van der Waals surface area contributed by atoms with E-state index < -0.39 is 5.91 Å². The Bertz CT molecular complexity index is 702. The Balaban J connectivity index is 1.40. The number of carbonyl (C=O) groups excluding carboxylic acids is 2. The number of esters is 1. The Labute approximate surface area is 146 Å². The van der Waals surface area contributed by atoms with E-state index in [2.05, 4.69) is 9.88 Å². The van der Waals surface area contributed by atoms with Crippen molar-refractivity contribution in [1.82, 2.24) is 4.98 Å². The molecular formula is C18H23N3O4. The number of oxazole rings is 1. The number of nitrogens with two attached hydrogens (primary N) is 1. The van der Waals surface area contributed by atoms with Crippen LogP contribution in [0.3, 0.4) is 0 Å². The second-order valence-electron chi connectivity index (χ2n) is 6.41. The van der Waals surface area contributed by atoms with Gasteiger partial charge in [-0.3, -0.25) is 9.59 Å². The van der Waals surface area contributed by atoms with Gasteiger partial charge in [-0.25, -0.2) is 0 Å². The number of hydrogen-bond acceptors (Lipinski definition) is 6. The molecule has 1 amide bonds. The van der Waals surface area contributed by atoms with Gasteiger partial charge in [0.1, 0.15) is 5.52 Å². The van der Waals surface area contributed by atoms with E-state index in [9.17, 15) is 9.59 Å². The van der Waals surface area contributed by atoms with Crippen LogP contribution in [-0.4, -0.2) is 36.6 Å². The number of nitrogens with zero attached hydrogens (tertiary/aromatic N) is 2. The lowest BCUT2D eigenvalue weighted by molar-refractivity contribution is -0.147. The number of benzene rings is 1. The Morgan fingerprint density at radius 3 is 2.76 bits per heavy atom. The SMILES string of the molecule is NC(=O)COC(=O)CCCC1CCN(c2nc3ccccc3o2)CC1. The lowest BCUT2D eigenvalue weighted by Crippen LogP contribution is -2.33. The van der Waals surface area contributed by atoms with E-state index in [1.807, 2.05) is 24.3 Å². The molecule has 25 heavy (non-hydrogen) atoms. The zero-order valence-corrected chi connectivity index (χ0v) is 14.1. The van der Waals surface area contributed by atoms with Crippen molar-refractivity contribution in [3.63, 3.8) is 0 Å². The Kier molecular flexibility index (Phi) is 5.53. The predicted octanol–water partition coefficient (Wildman–Crippen LogP) is 2.24. The monoisotopic (exact) mass is 345 g/mol. The van der Waals surface area contributed by atoms with Gasteiger partial charge in [0.25, 0.3) is 11.9 Å². The molecule has 0 spiro atoms. The highest BCUT2D eigenvalue weighted by atomic mass is 16.5. The maximum absolute atomic E-state index is 11.5. The number of anilines is 1. The van der Waals surface area contributed by atoms with Crippen LogP contribution in [0.15, 0.2) is 28.7 Å². The molecule has 0 bridgehead atoms. The number of aromatic nitrogens is 1.